The Hall–Kier alpha value is -2.32. The Balaban J connectivity index is 2.15. The van der Waals surface area contributed by atoms with Crippen molar-refractivity contribution in [3.8, 4) is 0 Å². The van der Waals surface area contributed by atoms with Gasteiger partial charge >= 0.3 is 5.97 Å². The maximum absolute atomic E-state index is 14.4. The van der Waals surface area contributed by atoms with E-state index in [9.17, 15) is 13.6 Å². The van der Waals surface area contributed by atoms with Crippen LogP contribution in [0.5, 0.6) is 0 Å². The number of ether oxygens (including phenoxy) is 2. The second-order valence-electron chi connectivity index (χ2n) is 7.31. The zero-order chi connectivity index (χ0) is 21.3. The predicted octanol–water partition coefficient (Wildman–Crippen LogP) is 4.88. The first kappa shape index (κ1) is 21.4. The van der Waals surface area contributed by atoms with Crippen LogP contribution in [0.3, 0.4) is 0 Å². The molecule has 0 aliphatic rings. The van der Waals surface area contributed by atoms with Crippen LogP contribution in [-0.4, -0.2) is 35.3 Å². The number of esters is 1. The smallest absolute Gasteiger partial charge is 0.337 e. The summed E-state index contributed by atoms with van der Waals surface area (Å²) in [6.45, 7) is 4.22. The van der Waals surface area contributed by atoms with Gasteiger partial charge in [0.2, 0.25) is 0 Å². The number of fused-ring (bicyclic) bond motifs is 1. The van der Waals surface area contributed by atoms with Crippen LogP contribution >= 0.6 is 15.9 Å². The Morgan fingerprint density at radius 3 is 2.55 bits per heavy atom. The number of carbonyl (C=O) groups excluding carboxylic acids is 1. The number of hydrogen-bond donors (Lipinski definition) is 0. The molecular formula is C21H21BrF2N2O3. The number of nitrogens with zero attached hydrogens (tertiary/aromatic N) is 2. The fraction of sp³-hybridized carbons (Fsp3) is 0.333. The van der Waals surface area contributed by atoms with Crippen molar-refractivity contribution < 1.29 is 23.0 Å². The summed E-state index contributed by atoms with van der Waals surface area (Å²) in [5.74, 6) is -1.01. The molecule has 29 heavy (non-hydrogen) atoms. The van der Waals surface area contributed by atoms with E-state index < -0.39 is 23.2 Å². The van der Waals surface area contributed by atoms with Crippen LogP contribution in [0.1, 0.15) is 35.6 Å². The molecule has 1 aromatic heterocycles. The van der Waals surface area contributed by atoms with Crippen LogP contribution in [0.4, 0.5) is 8.78 Å². The van der Waals surface area contributed by atoms with Crippen molar-refractivity contribution in [1.29, 1.82) is 0 Å². The van der Waals surface area contributed by atoms with Crippen molar-refractivity contribution in [2.24, 2.45) is 0 Å². The number of hydrogen-bond acceptors (Lipinski definition) is 4. The fourth-order valence-electron chi connectivity index (χ4n) is 3.04. The molecule has 0 aliphatic heterocycles. The van der Waals surface area contributed by atoms with Crippen LogP contribution in [0, 0.1) is 11.6 Å². The van der Waals surface area contributed by atoms with Gasteiger partial charge in [0, 0.05) is 13.5 Å². The number of benzene rings is 2. The zero-order valence-corrected chi connectivity index (χ0v) is 18.1. The third-order valence-electron chi connectivity index (χ3n) is 4.78. The van der Waals surface area contributed by atoms with Gasteiger partial charge in [0.15, 0.2) is 0 Å². The van der Waals surface area contributed by atoms with Crippen molar-refractivity contribution in [3.05, 3.63) is 63.4 Å². The summed E-state index contributed by atoms with van der Waals surface area (Å²) < 4.78 is 40.6. The largest absolute Gasteiger partial charge is 0.465 e. The highest BCUT2D eigenvalue weighted by Crippen LogP contribution is 2.26. The van der Waals surface area contributed by atoms with E-state index in [4.69, 9.17) is 9.47 Å². The Morgan fingerprint density at radius 2 is 1.90 bits per heavy atom. The van der Waals surface area contributed by atoms with Gasteiger partial charge in [-0.05, 0) is 65.7 Å². The first-order valence-electron chi connectivity index (χ1n) is 8.91. The summed E-state index contributed by atoms with van der Waals surface area (Å²) in [6, 6.07) is 7.27. The summed E-state index contributed by atoms with van der Waals surface area (Å²) in [7, 11) is 2.91. The van der Waals surface area contributed by atoms with Gasteiger partial charge in [0.1, 0.15) is 17.5 Å². The highest BCUT2D eigenvalue weighted by molar-refractivity contribution is 9.10. The molecule has 0 fully saturated rings. The lowest BCUT2D eigenvalue weighted by Crippen LogP contribution is -2.30. The van der Waals surface area contributed by atoms with Crippen LogP contribution in [0.25, 0.3) is 11.0 Å². The standard InChI is InChI=1S/C21H21BrF2N2O3/c1-21(2,29-4)11-26-18-8-12(20(27)28-3)5-6-17(18)25-19(26)9-13-7-16(24)14(22)10-15(13)23/h5-8,10H,9,11H2,1-4H3. The highest BCUT2D eigenvalue weighted by atomic mass is 79.9. The van der Waals surface area contributed by atoms with E-state index in [-0.39, 0.29) is 16.5 Å². The van der Waals surface area contributed by atoms with Crippen molar-refractivity contribution in [2.45, 2.75) is 32.4 Å². The van der Waals surface area contributed by atoms with Gasteiger partial charge < -0.3 is 14.0 Å². The van der Waals surface area contributed by atoms with Gasteiger partial charge in [0.05, 0.1) is 40.3 Å². The monoisotopic (exact) mass is 466 g/mol. The number of imidazole rings is 1. The molecule has 0 aliphatic carbocycles. The van der Waals surface area contributed by atoms with Gasteiger partial charge in [-0.2, -0.15) is 0 Å². The van der Waals surface area contributed by atoms with E-state index in [1.807, 2.05) is 18.4 Å². The lowest BCUT2D eigenvalue weighted by molar-refractivity contribution is 0.00848. The molecule has 0 N–H and O–H groups in total. The minimum absolute atomic E-state index is 0.0653. The molecule has 0 saturated carbocycles. The third kappa shape index (κ3) is 4.48. The maximum atomic E-state index is 14.4. The average molecular weight is 467 g/mol. The van der Waals surface area contributed by atoms with Crippen LogP contribution in [-0.2, 0) is 22.4 Å². The van der Waals surface area contributed by atoms with Crippen LogP contribution in [0.2, 0.25) is 0 Å². The van der Waals surface area contributed by atoms with E-state index >= 15 is 0 Å². The summed E-state index contributed by atoms with van der Waals surface area (Å²) in [4.78, 5) is 16.5. The van der Waals surface area contributed by atoms with Gasteiger partial charge in [-0.3, -0.25) is 0 Å². The molecule has 0 spiro atoms. The van der Waals surface area contributed by atoms with E-state index in [0.717, 1.165) is 12.1 Å². The third-order valence-corrected chi connectivity index (χ3v) is 5.39. The van der Waals surface area contributed by atoms with Crippen LogP contribution in [0.15, 0.2) is 34.8 Å². The van der Waals surface area contributed by atoms with Crippen molar-refractivity contribution >= 4 is 32.9 Å². The number of aromatic nitrogens is 2. The van der Waals surface area contributed by atoms with Gasteiger partial charge in [-0.25, -0.2) is 18.6 Å². The summed E-state index contributed by atoms with van der Waals surface area (Å²) in [5.41, 5.74) is 1.34. The predicted molar refractivity (Wildman–Crippen MR) is 109 cm³/mol. The molecule has 0 bridgehead atoms. The Labute approximate surface area is 175 Å². The molecule has 3 aromatic rings. The minimum Gasteiger partial charge on any atom is -0.465 e. The van der Waals surface area contributed by atoms with Crippen molar-refractivity contribution in [2.75, 3.05) is 14.2 Å². The molecule has 0 radical (unpaired) electrons. The van der Waals surface area contributed by atoms with Gasteiger partial charge in [-0.15, -0.1) is 0 Å². The highest BCUT2D eigenvalue weighted by Gasteiger charge is 2.23. The Bertz CT molecular complexity index is 1080. The quantitative estimate of drug-likeness (QED) is 0.383. The van der Waals surface area contributed by atoms with E-state index in [1.54, 1.807) is 25.3 Å². The molecule has 3 rings (SSSR count). The maximum Gasteiger partial charge on any atom is 0.337 e. The zero-order valence-electron chi connectivity index (χ0n) is 16.6. The first-order chi connectivity index (χ1) is 13.6. The molecule has 0 atom stereocenters. The number of rotatable bonds is 6. The van der Waals surface area contributed by atoms with E-state index in [2.05, 4.69) is 20.9 Å². The number of methoxy groups -OCH3 is 2. The first-order valence-corrected chi connectivity index (χ1v) is 9.70. The SMILES string of the molecule is COC(=O)c1ccc2nc(Cc3cc(F)c(Br)cc3F)n(CC(C)(C)OC)c2c1. The molecule has 0 amide bonds. The van der Waals surface area contributed by atoms with Crippen LogP contribution < -0.4 is 0 Å². The average Bonchev–Trinajstić information content (AvgIpc) is 3.01. The second-order valence-corrected chi connectivity index (χ2v) is 8.16. The van der Waals surface area contributed by atoms with Crippen molar-refractivity contribution in [1.82, 2.24) is 9.55 Å². The van der Waals surface area contributed by atoms with Gasteiger partial charge in [0.25, 0.3) is 0 Å². The summed E-state index contributed by atoms with van der Waals surface area (Å²) >= 11 is 2.99. The normalized spacial score (nSPS) is 11.8. The van der Waals surface area contributed by atoms with E-state index in [0.29, 0.717) is 29.0 Å². The number of halogens is 3. The number of carbonyl (C=O) groups is 1. The topological polar surface area (TPSA) is 53.3 Å². The van der Waals surface area contributed by atoms with Gasteiger partial charge in [-0.1, -0.05) is 0 Å². The minimum atomic E-state index is -0.548. The molecule has 8 heteroatoms. The molecule has 5 nitrogen and oxygen atoms in total. The lowest BCUT2D eigenvalue weighted by atomic mass is 10.1. The Morgan fingerprint density at radius 1 is 1.17 bits per heavy atom. The molecular weight excluding hydrogens is 446 g/mol. The lowest BCUT2D eigenvalue weighted by Gasteiger charge is -2.25. The molecule has 154 valence electrons. The van der Waals surface area contributed by atoms with Crippen molar-refractivity contribution in [3.63, 3.8) is 0 Å². The fourth-order valence-corrected chi connectivity index (χ4v) is 3.36. The Kier molecular flexibility index (Phi) is 6.05. The summed E-state index contributed by atoms with van der Waals surface area (Å²) in [5, 5.41) is 0. The molecule has 1 heterocycles. The second kappa shape index (κ2) is 8.20. The molecule has 2 aromatic carbocycles. The molecule has 0 unspecified atom stereocenters. The van der Waals surface area contributed by atoms with E-state index in [1.165, 1.54) is 7.11 Å². The summed E-state index contributed by atoms with van der Waals surface area (Å²) in [6.07, 6.45) is 0.0814. The molecule has 0 saturated heterocycles.